The van der Waals surface area contributed by atoms with E-state index in [4.69, 9.17) is 0 Å². The van der Waals surface area contributed by atoms with E-state index >= 15 is 0 Å². The van der Waals surface area contributed by atoms with Crippen LogP contribution in [-0.4, -0.2) is 0 Å². The first kappa shape index (κ1) is 16.7. The van der Waals surface area contributed by atoms with Crippen molar-refractivity contribution in [2.24, 2.45) is 0 Å². The number of aryl methyl sites for hydroxylation is 4. The zero-order valence-electron chi connectivity index (χ0n) is 14.2. The minimum Gasteiger partial charge on any atom is -0.203 e. The Morgan fingerprint density at radius 1 is 0.773 bits per heavy atom. The van der Waals surface area contributed by atoms with Crippen molar-refractivity contribution in [1.82, 2.24) is 0 Å². The van der Waals surface area contributed by atoms with Crippen molar-refractivity contribution >= 4 is 0 Å². The second-order valence-electron chi connectivity index (χ2n) is 6.40. The van der Waals surface area contributed by atoms with Crippen LogP contribution in [0.4, 0.5) is 0 Å². The van der Waals surface area contributed by atoms with Crippen LogP contribution in [0.1, 0.15) is 55.3 Å². The molecule has 0 fully saturated rings. The smallest absolute Gasteiger partial charge is 0.178 e. The molecule has 0 aliphatic rings. The monoisotopic (exact) mass is 296 g/mol. The molecule has 1 aromatic heterocycles. The van der Waals surface area contributed by atoms with Gasteiger partial charge in [0.05, 0.1) is 0 Å². The van der Waals surface area contributed by atoms with Crippen LogP contribution in [0.5, 0.6) is 0 Å². The fraction of sp³-hybridized carbons (Fsp3) is 0.476. The van der Waals surface area contributed by atoms with Crippen LogP contribution in [0, 0.1) is 13.8 Å². The maximum Gasteiger partial charge on any atom is 0.178 e. The third kappa shape index (κ3) is 6.01. The third-order valence-corrected chi connectivity index (χ3v) is 4.36. The summed E-state index contributed by atoms with van der Waals surface area (Å²) in [7, 11) is 0. The number of rotatable bonds is 9. The van der Waals surface area contributed by atoms with Gasteiger partial charge < -0.3 is 0 Å². The van der Waals surface area contributed by atoms with E-state index < -0.39 is 0 Å². The largest absolute Gasteiger partial charge is 0.203 e. The van der Waals surface area contributed by atoms with Crippen LogP contribution >= 0.6 is 0 Å². The molecule has 22 heavy (non-hydrogen) atoms. The van der Waals surface area contributed by atoms with Gasteiger partial charge in [0.2, 0.25) is 0 Å². The summed E-state index contributed by atoms with van der Waals surface area (Å²) in [6.07, 6.45) is 11.6. The van der Waals surface area contributed by atoms with Crippen LogP contribution in [0.2, 0.25) is 0 Å². The van der Waals surface area contributed by atoms with Crippen LogP contribution in [0.15, 0.2) is 48.7 Å². The molecular formula is C21H30N+. The number of hydrogen-bond acceptors (Lipinski definition) is 0. The molecule has 0 saturated carbocycles. The van der Waals surface area contributed by atoms with Crippen molar-refractivity contribution in [2.75, 3.05) is 0 Å². The van der Waals surface area contributed by atoms with Gasteiger partial charge in [-0.15, -0.1) is 0 Å². The molecule has 0 aliphatic carbocycles. The Bertz CT molecular complexity index is 545. The Balaban J connectivity index is 1.51. The molecule has 118 valence electrons. The lowest BCUT2D eigenvalue weighted by atomic mass is 10.0. The summed E-state index contributed by atoms with van der Waals surface area (Å²) in [6.45, 7) is 5.53. The summed E-state index contributed by atoms with van der Waals surface area (Å²) < 4.78 is 2.38. The number of aromatic nitrogens is 1. The molecule has 1 heterocycles. The van der Waals surface area contributed by atoms with E-state index in [1.807, 2.05) is 0 Å². The molecule has 0 spiro atoms. The molecule has 0 N–H and O–H groups in total. The van der Waals surface area contributed by atoms with Crippen LogP contribution in [-0.2, 0) is 13.0 Å². The number of pyridine rings is 1. The summed E-state index contributed by atoms with van der Waals surface area (Å²) in [5.41, 5.74) is 4.21. The molecule has 0 aliphatic heterocycles. The summed E-state index contributed by atoms with van der Waals surface area (Å²) in [5, 5.41) is 0. The molecular weight excluding hydrogens is 266 g/mol. The van der Waals surface area contributed by atoms with E-state index in [0.29, 0.717) is 0 Å². The number of benzene rings is 1. The minimum atomic E-state index is 1.16. The van der Waals surface area contributed by atoms with E-state index in [1.54, 1.807) is 0 Å². The minimum absolute atomic E-state index is 1.16. The van der Waals surface area contributed by atoms with Gasteiger partial charge in [-0.25, -0.2) is 4.57 Å². The summed E-state index contributed by atoms with van der Waals surface area (Å²) in [6, 6.07) is 15.3. The van der Waals surface area contributed by atoms with Gasteiger partial charge in [0.1, 0.15) is 6.54 Å². The van der Waals surface area contributed by atoms with E-state index in [1.165, 1.54) is 61.8 Å². The van der Waals surface area contributed by atoms with Crippen molar-refractivity contribution < 1.29 is 4.57 Å². The van der Waals surface area contributed by atoms with Gasteiger partial charge in [-0.1, -0.05) is 49.6 Å². The fourth-order valence-corrected chi connectivity index (χ4v) is 3.00. The van der Waals surface area contributed by atoms with Gasteiger partial charge in [-0.05, 0) is 37.3 Å². The Morgan fingerprint density at radius 3 is 2.18 bits per heavy atom. The number of unbranched alkanes of at least 4 members (excludes halogenated alkanes) is 5. The van der Waals surface area contributed by atoms with E-state index in [2.05, 4.69) is 67.1 Å². The predicted octanol–water partition coefficient (Wildman–Crippen LogP) is 5.17. The highest BCUT2D eigenvalue weighted by atomic mass is 14.9. The first-order chi connectivity index (χ1) is 10.8. The Kier molecular flexibility index (Phi) is 7.15. The first-order valence-electron chi connectivity index (χ1n) is 8.76. The van der Waals surface area contributed by atoms with Gasteiger partial charge in [-0.2, -0.15) is 0 Å². The summed E-state index contributed by atoms with van der Waals surface area (Å²) in [4.78, 5) is 0. The molecule has 2 aromatic rings. The highest BCUT2D eigenvalue weighted by Crippen LogP contribution is 2.10. The van der Waals surface area contributed by atoms with Gasteiger partial charge in [-0.3, -0.25) is 0 Å². The fourth-order valence-electron chi connectivity index (χ4n) is 3.00. The SMILES string of the molecule is Cc1cc[n+](CCCCCCCCc2ccccc2)c(C)c1. The number of nitrogens with zero attached hydrogens (tertiary/aromatic N) is 1. The lowest BCUT2D eigenvalue weighted by Gasteiger charge is -2.03. The van der Waals surface area contributed by atoms with Crippen LogP contribution < -0.4 is 4.57 Å². The van der Waals surface area contributed by atoms with E-state index in [9.17, 15) is 0 Å². The molecule has 1 nitrogen and oxygen atoms in total. The second kappa shape index (κ2) is 9.40. The second-order valence-corrected chi connectivity index (χ2v) is 6.40. The van der Waals surface area contributed by atoms with Crippen molar-refractivity contribution in [1.29, 1.82) is 0 Å². The molecule has 1 heteroatoms. The molecule has 0 saturated heterocycles. The first-order valence-corrected chi connectivity index (χ1v) is 8.76. The molecule has 0 radical (unpaired) electrons. The standard InChI is InChI=1S/C21H30N/c1-19-15-17-22(20(2)18-19)16-11-6-4-3-5-8-12-21-13-9-7-10-14-21/h7,9-10,13-15,17-18H,3-6,8,11-12,16H2,1-2H3/q+1. The quantitative estimate of drug-likeness (QED) is 0.444. The molecule has 1 aromatic carbocycles. The molecule has 0 amide bonds. The molecule has 0 bridgehead atoms. The average molecular weight is 296 g/mol. The van der Waals surface area contributed by atoms with Crippen molar-refractivity contribution in [3.8, 4) is 0 Å². The topological polar surface area (TPSA) is 3.88 Å². The maximum atomic E-state index is 2.38. The zero-order chi connectivity index (χ0) is 15.6. The molecule has 0 atom stereocenters. The summed E-state index contributed by atoms with van der Waals surface area (Å²) >= 11 is 0. The Hall–Kier alpha value is -1.63. The van der Waals surface area contributed by atoms with E-state index in [0.717, 1.165) is 6.54 Å². The Morgan fingerprint density at radius 2 is 1.45 bits per heavy atom. The maximum absolute atomic E-state index is 2.38. The lowest BCUT2D eigenvalue weighted by molar-refractivity contribution is -0.703. The zero-order valence-corrected chi connectivity index (χ0v) is 14.2. The van der Waals surface area contributed by atoms with Crippen molar-refractivity contribution in [2.45, 2.75) is 65.3 Å². The highest BCUT2D eigenvalue weighted by molar-refractivity contribution is 5.14. The summed E-state index contributed by atoms with van der Waals surface area (Å²) in [5.74, 6) is 0. The van der Waals surface area contributed by atoms with Gasteiger partial charge in [0.15, 0.2) is 11.9 Å². The van der Waals surface area contributed by atoms with Crippen molar-refractivity contribution in [3.63, 3.8) is 0 Å². The third-order valence-electron chi connectivity index (χ3n) is 4.36. The van der Waals surface area contributed by atoms with Gasteiger partial charge in [0.25, 0.3) is 0 Å². The van der Waals surface area contributed by atoms with Crippen LogP contribution in [0.25, 0.3) is 0 Å². The van der Waals surface area contributed by atoms with Crippen LogP contribution in [0.3, 0.4) is 0 Å². The molecule has 2 rings (SSSR count). The van der Waals surface area contributed by atoms with Crippen molar-refractivity contribution in [3.05, 3.63) is 65.5 Å². The highest BCUT2D eigenvalue weighted by Gasteiger charge is 2.05. The predicted molar refractivity (Wildman–Crippen MR) is 94.0 cm³/mol. The van der Waals surface area contributed by atoms with Gasteiger partial charge in [0, 0.05) is 25.5 Å². The Labute approximate surface area is 136 Å². The normalized spacial score (nSPS) is 10.8. The average Bonchev–Trinajstić information content (AvgIpc) is 2.52. The lowest BCUT2D eigenvalue weighted by Crippen LogP contribution is -2.36. The molecule has 0 unspecified atom stereocenters. The van der Waals surface area contributed by atoms with Gasteiger partial charge >= 0.3 is 0 Å². The number of hydrogen-bond donors (Lipinski definition) is 0. The van der Waals surface area contributed by atoms with E-state index in [-0.39, 0.29) is 0 Å².